The first-order valence-corrected chi connectivity index (χ1v) is 9.30. The van der Waals surface area contributed by atoms with Crippen molar-refractivity contribution in [2.24, 2.45) is 0 Å². The van der Waals surface area contributed by atoms with Crippen molar-refractivity contribution in [2.45, 2.75) is 57.3 Å². The van der Waals surface area contributed by atoms with Crippen LogP contribution in [0.15, 0.2) is 12.1 Å². The molecule has 3 heterocycles. The second kappa shape index (κ2) is 8.39. The van der Waals surface area contributed by atoms with Gasteiger partial charge in [0.2, 0.25) is 5.91 Å². The predicted molar refractivity (Wildman–Crippen MR) is 92.0 cm³/mol. The van der Waals surface area contributed by atoms with Gasteiger partial charge in [-0.1, -0.05) is 0 Å². The molecule has 0 aliphatic carbocycles. The average molecular weight is 392 g/mol. The zero-order chi connectivity index (χ0) is 19.4. The van der Waals surface area contributed by atoms with Crippen molar-refractivity contribution in [1.82, 2.24) is 10.2 Å². The Hall–Kier alpha value is -1.61. The highest BCUT2D eigenvalue weighted by atomic mass is 32.1. The van der Waals surface area contributed by atoms with Gasteiger partial charge < -0.3 is 10.4 Å². The topological polar surface area (TPSA) is 69.6 Å². The van der Waals surface area contributed by atoms with Crippen LogP contribution in [0.2, 0.25) is 0 Å². The first kappa shape index (κ1) is 20.7. The number of carbonyl (C=O) groups is 2. The average Bonchev–Trinajstić information content (AvgIpc) is 2.95. The summed E-state index contributed by atoms with van der Waals surface area (Å²) in [7, 11) is 0. The molecule has 2 saturated heterocycles. The normalized spacial score (nSPS) is 20.2. The molecule has 1 spiro atoms. The molecule has 0 unspecified atom stereocenters. The van der Waals surface area contributed by atoms with Crippen molar-refractivity contribution >= 4 is 23.2 Å². The van der Waals surface area contributed by atoms with E-state index < -0.39 is 12.1 Å². The van der Waals surface area contributed by atoms with Gasteiger partial charge in [0.05, 0.1) is 0 Å². The molecule has 2 aliphatic rings. The third-order valence-electron chi connectivity index (χ3n) is 4.69. The molecule has 2 aliphatic heterocycles. The van der Waals surface area contributed by atoms with Crippen LogP contribution in [0.4, 0.5) is 13.2 Å². The molecule has 0 saturated carbocycles. The number of hydrogen-bond acceptors (Lipinski definition) is 4. The van der Waals surface area contributed by atoms with Gasteiger partial charge in [-0.3, -0.25) is 9.69 Å². The van der Waals surface area contributed by atoms with Gasteiger partial charge >= 0.3 is 12.1 Å². The fourth-order valence-corrected chi connectivity index (χ4v) is 4.25. The lowest BCUT2D eigenvalue weighted by atomic mass is 9.80. The number of aliphatic carboxylic acids is 1. The first-order chi connectivity index (χ1) is 12.1. The van der Waals surface area contributed by atoms with Crippen molar-refractivity contribution in [2.75, 3.05) is 13.1 Å². The largest absolute Gasteiger partial charge is 0.490 e. The summed E-state index contributed by atoms with van der Waals surface area (Å²) < 4.78 is 31.7. The summed E-state index contributed by atoms with van der Waals surface area (Å²) in [6.07, 6.45) is 0.104. The van der Waals surface area contributed by atoms with Gasteiger partial charge in [-0.05, 0) is 44.7 Å². The Bertz CT molecular complexity index is 637. The second-order valence-electron chi connectivity index (χ2n) is 6.77. The molecule has 5 nitrogen and oxygen atoms in total. The van der Waals surface area contributed by atoms with Crippen molar-refractivity contribution in [1.29, 1.82) is 0 Å². The first-order valence-electron chi connectivity index (χ1n) is 8.48. The number of carbonyl (C=O) groups excluding carboxylic acids is 1. The van der Waals surface area contributed by atoms with Crippen LogP contribution in [0.25, 0.3) is 0 Å². The number of alkyl halides is 3. The van der Waals surface area contributed by atoms with Crippen molar-refractivity contribution in [3.05, 3.63) is 21.9 Å². The summed E-state index contributed by atoms with van der Waals surface area (Å²) in [5.41, 5.74) is 0.122. The minimum Gasteiger partial charge on any atom is -0.475 e. The number of thiophene rings is 1. The summed E-state index contributed by atoms with van der Waals surface area (Å²) in [4.78, 5) is 25.9. The van der Waals surface area contributed by atoms with E-state index in [4.69, 9.17) is 9.90 Å². The lowest BCUT2D eigenvalue weighted by Crippen LogP contribution is -2.57. The highest BCUT2D eigenvalue weighted by molar-refractivity contribution is 7.11. The number of carboxylic acid groups (broad SMARTS) is 1. The van der Waals surface area contributed by atoms with Crippen LogP contribution in [0.3, 0.4) is 0 Å². The standard InChI is InChI=1S/C15H22N2OS.C2HF3O2/c1-12-4-5-13(19-12)11-17-9-7-15(8-10-17)6-2-3-14(18)16-15;3-2(4,5)1(6)7/h4-5H,2-3,6-11H2,1H3,(H,16,18);(H,6,7). The number of rotatable bonds is 2. The lowest BCUT2D eigenvalue weighted by Gasteiger charge is -2.44. The molecular formula is C17H23F3N2O3S. The zero-order valence-electron chi connectivity index (χ0n) is 14.6. The van der Waals surface area contributed by atoms with E-state index in [9.17, 15) is 18.0 Å². The van der Waals surface area contributed by atoms with E-state index in [1.807, 2.05) is 11.3 Å². The van der Waals surface area contributed by atoms with Gasteiger partial charge in [0, 0.05) is 41.3 Å². The molecule has 3 rings (SSSR count). The van der Waals surface area contributed by atoms with E-state index in [0.717, 1.165) is 45.3 Å². The maximum absolute atomic E-state index is 11.6. The van der Waals surface area contributed by atoms with Crippen LogP contribution < -0.4 is 5.32 Å². The molecule has 1 aromatic heterocycles. The van der Waals surface area contributed by atoms with E-state index >= 15 is 0 Å². The summed E-state index contributed by atoms with van der Waals surface area (Å²) in [6, 6.07) is 4.44. The minimum absolute atomic E-state index is 0.122. The third-order valence-corrected chi connectivity index (χ3v) is 5.68. The van der Waals surface area contributed by atoms with Gasteiger partial charge in [0.15, 0.2) is 0 Å². The van der Waals surface area contributed by atoms with Crippen LogP contribution in [-0.4, -0.2) is 46.7 Å². The fourth-order valence-electron chi connectivity index (χ4n) is 3.31. The number of amides is 1. The zero-order valence-corrected chi connectivity index (χ0v) is 15.4. The third kappa shape index (κ3) is 5.98. The highest BCUT2D eigenvalue weighted by Gasteiger charge is 2.38. The monoisotopic (exact) mass is 392 g/mol. The van der Waals surface area contributed by atoms with E-state index in [0.29, 0.717) is 0 Å². The predicted octanol–water partition coefficient (Wildman–Crippen LogP) is 3.32. The summed E-state index contributed by atoms with van der Waals surface area (Å²) in [6.45, 7) is 5.45. The molecule has 0 radical (unpaired) electrons. The number of carboxylic acids is 1. The molecule has 26 heavy (non-hydrogen) atoms. The van der Waals surface area contributed by atoms with Crippen LogP contribution in [-0.2, 0) is 16.1 Å². The Morgan fingerprint density at radius 2 is 1.92 bits per heavy atom. The number of likely N-dealkylation sites (tertiary alicyclic amines) is 1. The van der Waals surface area contributed by atoms with Crippen molar-refractivity contribution in [3.63, 3.8) is 0 Å². The molecule has 0 bridgehead atoms. The molecule has 2 N–H and O–H groups in total. The number of hydrogen-bond donors (Lipinski definition) is 2. The maximum Gasteiger partial charge on any atom is 0.490 e. The Morgan fingerprint density at radius 3 is 2.38 bits per heavy atom. The number of nitrogens with one attached hydrogen (secondary N) is 1. The molecule has 146 valence electrons. The van der Waals surface area contributed by atoms with E-state index in [1.165, 1.54) is 16.2 Å². The minimum atomic E-state index is -5.08. The number of halogens is 3. The quantitative estimate of drug-likeness (QED) is 0.810. The fraction of sp³-hybridized carbons (Fsp3) is 0.647. The smallest absolute Gasteiger partial charge is 0.475 e. The highest BCUT2D eigenvalue weighted by Crippen LogP contribution is 2.31. The molecule has 1 aromatic rings. The number of piperidine rings is 2. The van der Waals surface area contributed by atoms with Crippen molar-refractivity contribution in [3.8, 4) is 0 Å². The molecule has 0 aromatic carbocycles. The maximum atomic E-state index is 11.6. The van der Waals surface area contributed by atoms with E-state index in [-0.39, 0.29) is 11.4 Å². The van der Waals surface area contributed by atoms with Crippen LogP contribution in [0.1, 0.15) is 41.9 Å². The van der Waals surface area contributed by atoms with E-state index in [2.05, 4.69) is 29.3 Å². The van der Waals surface area contributed by atoms with Crippen LogP contribution >= 0.6 is 11.3 Å². The number of aryl methyl sites for hydroxylation is 1. The Morgan fingerprint density at radius 1 is 1.31 bits per heavy atom. The Kier molecular flexibility index (Phi) is 6.68. The van der Waals surface area contributed by atoms with Crippen molar-refractivity contribution < 1.29 is 27.9 Å². The molecule has 2 fully saturated rings. The summed E-state index contributed by atoms with van der Waals surface area (Å²) in [5.74, 6) is -2.50. The van der Waals surface area contributed by atoms with E-state index in [1.54, 1.807) is 0 Å². The molecule has 1 amide bonds. The SMILES string of the molecule is Cc1ccc(CN2CCC3(CCCC(=O)N3)CC2)s1.O=C(O)C(F)(F)F. The number of nitrogens with zero attached hydrogens (tertiary/aromatic N) is 1. The summed E-state index contributed by atoms with van der Waals surface area (Å²) >= 11 is 1.90. The second-order valence-corrected chi connectivity index (χ2v) is 8.15. The van der Waals surface area contributed by atoms with Gasteiger partial charge in [-0.25, -0.2) is 4.79 Å². The Balaban J connectivity index is 0.000000298. The molecule has 0 atom stereocenters. The van der Waals surface area contributed by atoms with Gasteiger partial charge in [0.25, 0.3) is 0 Å². The van der Waals surface area contributed by atoms with Crippen LogP contribution in [0, 0.1) is 6.92 Å². The van der Waals surface area contributed by atoms with Gasteiger partial charge in [-0.2, -0.15) is 13.2 Å². The molecular weight excluding hydrogens is 369 g/mol. The van der Waals surface area contributed by atoms with Gasteiger partial charge in [0.1, 0.15) is 0 Å². The Labute approximate surface area is 154 Å². The lowest BCUT2D eigenvalue weighted by molar-refractivity contribution is -0.192. The summed E-state index contributed by atoms with van der Waals surface area (Å²) in [5, 5.41) is 10.4. The molecule has 9 heteroatoms. The van der Waals surface area contributed by atoms with Gasteiger partial charge in [-0.15, -0.1) is 11.3 Å². The van der Waals surface area contributed by atoms with Crippen LogP contribution in [0.5, 0.6) is 0 Å².